The topological polar surface area (TPSA) is 50.7 Å². The number of aromatic nitrogens is 3. The van der Waals surface area contributed by atoms with Gasteiger partial charge in [0.05, 0.1) is 16.8 Å². The standard InChI is InChI=1S/C16H12ClF3N4/c1-7(2)22-16-13(12-10(19)5-8(18)6-11(12)20)14(17)9-3-4-21-24-15(9)23-16/h3-7H,1-2H3,(H,22,23,24). The van der Waals surface area contributed by atoms with Crippen molar-refractivity contribution in [1.29, 1.82) is 0 Å². The van der Waals surface area contributed by atoms with Gasteiger partial charge in [0.2, 0.25) is 0 Å². The molecule has 8 heteroatoms. The van der Waals surface area contributed by atoms with Gasteiger partial charge >= 0.3 is 0 Å². The molecule has 0 spiro atoms. The van der Waals surface area contributed by atoms with Crippen molar-refractivity contribution in [3.8, 4) is 11.1 Å². The van der Waals surface area contributed by atoms with Crippen LogP contribution in [0.15, 0.2) is 24.4 Å². The maximum atomic E-state index is 14.3. The lowest BCUT2D eigenvalue weighted by atomic mass is 10.0. The molecule has 4 nitrogen and oxygen atoms in total. The SMILES string of the molecule is CC(C)Nc1nc2nnccc2c(Cl)c1-c1c(F)cc(F)cc1F. The third kappa shape index (κ3) is 2.87. The highest BCUT2D eigenvalue weighted by atomic mass is 35.5. The summed E-state index contributed by atoms with van der Waals surface area (Å²) in [4.78, 5) is 4.26. The van der Waals surface area contributed by atoms with E-state index in [1.165, 1.54) is 6.20 Å². The van der Waals surface area contributed by atoms with Crippen LogP contribution in [-0.4, -0.2) is 21.2 Å². The van der Waals surface area contributed by atoms with Crippen LogP contribution in [0, 0.1) is 17.5 Å². The van der Waals surface area contributed by atoms with Gasteiger partial charge in [-0.05, 0) is 19.9 Å². The van der Waals surface area contributed by atoms with Crippen molar-refractivity contribution < 1.29 is 13.2 Å². The summed E-state index contributed by atoms with van der Waals surface area (Å²) in [5.41, 5.74) is -0.200. The Morgan fingerprint density at radius 2 is 1.75 bits per heavy atom. The van der Waals surface area contributed by atoms with Crippen LogP contribution < -0.4 is 5.32 Å². The fraction of sp³-hybridized carbons (Fsp3) is 0.188. The van der Waals surface area contributed by atoms with Crippen molar-refractivity contribution in [3.63, 3.8) is 0 Å². The molecule has 2 aromatic heterocycles. The van der Waals surface area contributed by atoms with Crippen LogP contribution >= 0.6 is 11.6 Å². The Labute approximate surface area is 140 Å². The molecule has 1 aromatic carbocycles. The molecule has 124 valence electrons. The van der Waals surface area contributed by atoms with E-state index in [9.17, 15) is 13.2 Å². The molecule has 3 rings (SSSR count). The average Bonchev–Trinajstić information content (AvgIpc) is 2.49. The zero-order valence-electron chi connectivity index (χ0n) is 12.7. The number of fused-ring (bicyclic) bond motifs is 1. The number of pyridine rings is 1. The maximum Gasteiger partial charge on any atom is 0.185 e. The van der Waals surface area contributed by atoms with Crippen LogP contribution in [0.1, 0.15) is 13.8 Å². The van der Waals surface area contributed by atoms with E-state index in [2.05, 4.69) is 20.5 Å². The van der Waals surface area contributed by atoms with Gasteiger partial charge in [0.1, 0.15) is 23.3 Å². The highest BCUT2D eigenvalue weighted by molar-refractivity contribution is 6.38. The van der Waals surface area contributed by atoms with Gasteiger partial charge in [-0.15, -0.1) is 5.10 Å². The first-order chi connectivity index (χ1) is 11.4. The summed E-state index contributed by atoms with van der Waals surface area (Å²) in [6, 6.07) is 2.65. The first-order valence-corrected chi connectivity index (χ1v) is 7.48. The Hall–Kier alpha value is -2.41. The quantitative estimate of drug-likeness (QED) is 0.749. The number of hydrogen-bond acceptors (Lipinski definition) is 4. The lowest BCUT2D eigenvalue weighted by molar-refractivity contribution is 0.548. The summed E-state index contributed by atoms with van der Waals surface area (Å²) in [6.07, 6.45) is 1.40. The monoisotopic (exact) mass is 352 g/mol. The summed E-state index contributed by atoms with van der Waals surface area (Å²) < 4.78 is 41.8. The first kappa shape index (κ1) is 16.4. The summed E-state index contributed by atoms with van der Waals surface area (Å²) >= 11 is 6.37. The molecular weight excluding hydrogens is 341 g/mol. The third-order valence-electron chi connectivity index (χ3n) is 3.29. The van der Waals surface area contributed by atoms with Crippen LogP contribution in [0.4, 0.5) is 19.0 Å². The highest BCUT2D eigenvalue weighted by Gasteiger charge is 2.23. The molecule has 24 heavy (non-hydrogen) atoms. The average molecular weight is 353 g/mol. The molecule has 2 heterocycles. The smallest absolute Gasteiger partial charge is 0.185 e. The van der Waals surface area contributed by atoms with Crippen molar-refractivity contribution in [1.82, 2.24) is 15.2 Å². The number of halogens is 4. The minimum atomic E-state index is -1.07. The minimum Gasteiger partial charge on any atom is -0.367 e. The van der Waals surface area contributed by atoms with Gasteiger partial charge in [-0.1, -0.05) is 11.6 Å². The molecule has 0 amide bonds. The zero-order valence-corrected chi connectivity index (χ0v) is 13.5. The molecular formula is C16H12ClF3N4. The van der Waals surface area contributed by atoms with E-state index in [0.717, 1.165) is 0 Å². The molecule has 0 aliphatic carbocycles. The van der Waals surface area contributed by atoms with Crippen LogP contribution in [0.2, 0.25) is 5.02 Å². The second-order valence-corrected chi connectivity index (χ2v) is 5.84. The number of hydrogen-bond donors (Lipinski definition) is 1. The number of nitrogens with zero attached hydrogens (tertiary/aromatic N) is 3. The van der Waals surface area contributed by atoms with Crippen LogP contribution in [-0.2, 0) is 0 Å². The molecule has 0 radical (unpaired) electrons. The summed E-state index contributed by atoms with van der Waals surface area (Å²) in [7, 11) is 0. The van der Waals surface area contributed by atoms with Gasteiger partial charge in [0, 0.05) is 29.1 Å². The molecule has 0 aliphatic heterocycles. The van der Waals surface area contributed by atoms with Crippen LogP contribution in [0.5, 0.6) is 0 Å². The summed E-state index contributed by atoms with van der Waals surface area (Å²) in [5, 5.41) is 11.0. The van der Waals surface area contributed by atoms with Gasteiger partial charge < -0.3 is 5.32 Å². The fourth-order valence-corrected chi connectivity index (χ4v) is 2.70. The molecule has 0 saturated carbocycles. The molecule has 0 bridgehead atoms. The van der Waals surface area contributed by atoms with Crippen LogP contribution in [0.25, 0.3) is 22.2 Å². The van der Waals surface area contributed by atoms with Crippen LogP contribution in [0.3, 0.4) is 0 Å². The number of benzene rings is 1. The van der Waals surface area contributed by atoms with E-state index in [1.807, 2.05) is 13.8 Å². The van der Waals surface area contributed by atoms with E-state index in [-0.39, 0.29) is 28.1 Å². The Kier molecular flexibility index (Phi) is 4.28. The lowest BCUT2D eigenvalue weighted by Crippen LogP contribution is -2.13. The number of anilines is 1. The van der Waals surface area contributed by atoms with Gasteiger partial charge in [-0.25, -0.2) is 18.2 Å². The predicted molar refractivity (Wildman–Crippen MR) is 86.4 cm³/mol. The lowest BCUT2D eigenvalue weighted by Gasteiger charge is -2.17. The Morgan fingerprint density at radius 1 is 1.08 bits per heavy atom. The Balaban J connectivity index is 2.39. The Bertz CT molecular complexity index is 908. The van der Waals surface area contributed by atoms with E-state index in [4.69, 9.17) is 11.6 Å². The summed E-state index contributed by atoms with van der Waals surface area (Å²) in [6.45, 7) is 3.66. The summed E-state index contributed by atoms with van der Waals surface area (Å²) in [5.74, 6) is -3.00. The maximum absolute atomic E-state index is 14.3. The van der Waals surface area contributed by atoms with E-state index in [1.54, 1.807) is 6.07 Å². The molecule has 0 fully saturated rings. The molecule has 0 aliphatic rings. The predicted octanol–water partition coefficient (Wildman–Crippen LogP) is 4.58. The van der Waals surface area contributed by atoms with Crippen molar-refractivity contribution in [2.75, 3.05) is 5.32 Å². The Morgan fingerprint density at radius 3 is 2.38 bits per heavy atom. The fourth-order valence-electron chi connectivity index (χ4n) is 2.37. The zero-order chi connectivity index (χ0) is 17.4. The third-order valence-corrected chi connectivity index (χ3v) is 3.69. The van der Waals surface area contributed by atoms with E-state index in [0.29, 0.717) is 17.5 Å². The van der Waals surface area contributed by atoms with Crippen molar-refractivity contribution >= 4 is 28.5 Å². The second kappa shape index (κ2) is 6.24. The first-order valence-electron chi connectivity index (χ1n) is 7.11. The molecule has 1 N–H and O–H groups in total. The normalized spacial score (nSPS) is 11.3. The largest absolute Gasteiger partial charge is 0.367 e. The van der Waals surface area contributed by atoms with Gasteiger partial charge in [0.15, 0.2) is 5.65 Å². The van der Waals surface area contributed by atoms with Gasteiger partial charge in [0.25, 0.3) is 0 Å². The molecule has 0 atom stereocenters. The van der Waals surface area contributed by atoms with Gasteiger partial charge in [-0.3, -0.25) is 0 Å². The number of rotatable bonds is 3. The van der Waals surface area contributed by atoms with E-state index >= 15 is 0 Å². The van der Waals surface area contributed by atoms with Crippen molar-refractivity contribution in [2.24, 2.45) is 0 Å². The molecule has 0 unspecified atom stereocenters. The second-order valence-electron chi connectivity index (χ2n) is 5.46. The van der Waals surface area contributed by atoms with Gasteiger partial charge in [-0.2, -0.15) is 5.10 Å². The minimum absolute atomic E-state index is 0.0147. The number of nitrogens with one attached hydrogen (secondary N) is 1. The van der Waals surface area contributed by atoms with Crippen molar-refractivity contribution in [3.05, 3.63) is 46.9 Å². The van der Waals surface area contributed by atoms with Crippen molar-refractivity contribution in [2.45, 2.75) is 19.9 Å². The molecule has 0 saturated heterocycles. The highest BCUT2D eigenvalue weighted by Crippen LogP contribution is 2.40. The molecule has 3 aromatic rings. The van der Waals surface area contributed by atoms with E-state index < -0.39 is 23.0 Å².